The number of esters is 2. The Morgan fingerprint density at radius 1 is 0.288 bits per heavy atom. The summed E-state index contributed by atoms with van der Waals surface area (Å²) in [6.07, 6.45) is 1.62. The summed E-state index contributed by atoms with van der Waals surface area (Å²) in [6, 6.07) is 19.3. The highest BCUT2D eigenvalue weighted by Gasteiger charge is 2.71. The van der Waals surface area contributed by atoms with E-state index >= 15 is 0 Å². The summed E-state index contributed by atoms with van der Waals surface area (Å²) in [5.41, 5.74) is 10.4. The molecule has 39 rings (SSSR count). The average molecular weight is 1350 g/mol. The molecule has 8 nitrogen and oxygen atoms in total. The quantitative estimate of drug-likeness (QED) is 0.0669. The van der Waals surface area contributed by atoms with Crippen molar-refractivity contribution < 1.29 is 28.7 Å². The van der Waals surface area contributed by atoms with Gasteiger partial charge in [-0.15, -0.1) is 23.5 Å². The van der Waals surface area contributed by atoms with Gasteiger partial charge in [0.25, 0.3) is 11.8 Å². The lowest BCUT2D eigenvalue weighted by molar-refractivity contribution is -0.132. The molecule has 0 saturated heterocycles. The van der Waals surface area contributed by atoms with E-state index in [2.05, 4.69) is 10.6 Å². The average Bonchev–Trinajstić information content (AvgIpc) is 1.38. The minimum absolute atomic E-state index is 0.136. The summed E-state index contributed by atoms with van der Waals surface area (Å²) in [5, 5.41) is 91.0. The van der Waals surface area contributed by atoms with Crippen LogP contribution in [-0.2, 0) is 25.8 Å². The first-order chi connectivity index (χ1) is 51.0. The van der Waals surface area contributed by atoms with Crippen LogP contribution in [0, 0.1) is 0 Å². The van der Waals surface area contributed by atoms with Gasteiger partial charge in [0, 0.05) is 44.8 Å². The number of fused-ring (bicyclic) bond motifs is 2. The smallest absolute Gasteiger partial charge is 0.321 e. The molecular formula is C94H34N2O6S2. The largest absolute Gasteiger partial charge is 0.426 e. The fourth-order valence-electron chi connectivity index (χ4n) is 29.2. The predicted molar refractivity (Wildman–Crippen MR) is 430 cm³/mol. The molecule has 3 heterocycles. The van der Waals surface area contributed by atoms with Crippen LogP contribution in [0.3, 0.4) is 0 Å². The number of amides is 2. The lowest BCUT2D eigenvalue weighted by Crippen LogP contribution is -2.54. The topological polar surface area (TPSA) is 111 Å². The maximum atomic E-state index is 14.6. The number of carbonyl (C=O) groups excluding carboxylic acids is 4. The van der Waals surface area contributed by atoms with Crippen molar-refractivity contribution in [3.05, 3.63) is 117 Å². The predicted octanol–water partition coefficient (Wildman–Crippen LogP) is 23.2. The molecule has 3 aliphatic heterocycles. The van der Waals surface area contributed by atoms with Crippen LogP contribution >= 0.6 is 23.5 Å². The highest BCUT2D eigenvalue weighted by atomic mass is 32.2. The first-order valence-corrected chi connectivity index (χ1v) is 39.3. The zero-order valence-electron chi connectivity index (χ0n) is 54.9. The van der Waals surface area contributed by atoms with Crippen LogP contribution in [0.2, 0.25) is 0 Å². The number of hydrogen-bond donors (Lipinski definition) is 2. The van der Waals surface area contributed by atoms with Crippen LogP contribution in [0.4, 0.5) is 11.4 Å². The zero-order valence-corrected chi connectivity index (χ0v) is 56.5. The minimum atomic E-state index is -0.512. The molecule has 468 valence electrons. The van der Waals surface area contributed by atoms with Crippen molar-refractivity contribution in [3.8, 4) is 11.5 Å². The van der Waals surface area contributed by atoms with Crippen molar-refractivity contribution in [1.82, 2.24) is 0 Å². The molecule has 0 saturated carbocycles. The third-order valence-electron chi connectivity index (χ3n) is 31.1. The molecule has 104 heavy (non-hydrogen) atoms. The molecule has 2 N–H and O–H groups in total. The van der Waals surface area contributed by atoms with Crippen molar-refractivity contribution in [2.45, 2.75) is 49.9 Å². The summed E-state index contributed by atoms with van der Waals surface area (Å²) in [7, 11) is 0. The van der Waals surface area contributed by atoms with Crippen LogP contribution in [0.15, 0.2) is 77.9 Å². The number of thioether (sulfide) groups is 2. The second-order valence-corrected chi connectivity index (χ2v) is 37.0. The Bertz CT molecular complexity index is 8630. The normalized spacial score (nSPS) is 21.0. The molecule has 0 fully saturated rings. The van der Waals surface area contributed by atoms with Gasteiger partial charge in [-0.1, -0.05) is 31.9 Å². The Morgan fingerprint density at radius 3 is 0.712 bits per heavy atom. The molecule has 5 aliphatic carbocycles. The van der Waals surface area contributed by atoms with Gasteiger partial charge in [0.15, 0.2) is 0 Å². The van der Waals surface area contributed by atoms with Gasteiger partial charge in [0.2, 0.25) is 0 Å². The van der Waals surface area contributed by atoms with Crippen molar-refractivity contribution in [2.75, 3.05) is 33.6 Å². The van der Waals surface area contributed by atoms with E-state index in [9.17, 15) is 19.2 Å². The van der Waals surface area contributed by atoms with Crippen LogP contribution in [0.1, 0.15) is 82.1 Å². The van der Waals surface area contributed by atoms with Gasteiger partial charge >= 0.3 is 11.9 Å². The van der Waals surface area contributed by atoms with E-state index in [0.29, 0.717) is 45.5 Å². The van der Waals surface area contributed by atoms with E-state index in [1.54, 1.807) is 391 Å². The molecule has 0 radical (unpaired) electrons. The number of rotatable bonds is 0. The molecule has 0 aromatic heterocycles. The van der Waals surface area contributed by atoms with Gasteiger partial charge in [-0.3, -0.25) is 19.2 Å². The molecule has 2 spiro atoms. The van der Waals surface area contributed by atoms with Gasteiger partial charge < -0.3 is 20.1 Å². The van der Waals surface area contributed by atoms with Gasteiger partial charge in [0.05, 0.1) is 11.5 Å². The maximum absolute atomic E-state index is 14.6. The number of nitrogens with one attached hydrogen (secondary N) is 2. The van der Waals surface area contributed by atoms with Crippen molar-refractivity contribution in [3.63, 3.8) is 0 Å². The van der Waals surface area contributed by atoms with Crippen molar-refractivity contribution in [1.29, 1.82) is 0 Å². The zero-order chi connectivity index (χ0) is 65.8. The first-order valence-electron chi connectivity index (χ1n) is 37.0. The van der Waals surface area contributed by atoms with Crippen molar-refractivity contribution in [2.24, 2.45) is 0 Å². The van der Waals surface area contributed by atoms with E-state index in [1.165, 1.54) is 11.1 Å². The van der Waals surface area contributed by atoms with Crippen LogP contribution in [-0.4, -0.2) is 46.8 Å². The molecular weight excluding hydrogens is 1320 g/mol. The van der Waals surface area contributed by atoms with Gasteiger partial charge in [-0.05, 0) is 404 Å². The Kier molecular flexibility index (Phi) is 5.82. The third-order valence-corrected chi connectivity index (χ3v) is 33.1. The lowest BCUT2D eigenvalue weighted by atomic mass is 9.43. The monoisotopic (exact) mass is 1350 g/mol. The minimum Gasteiger partial charge on any atom is -0.426 e. The Morgan fingerprint density at radius 2 is 0.500 bits per heavy atom. The highest BCUT2D eigenvalue weighted by molar-refractivity contribution is 8.00. The number of anilines is 2. The summed E-state index contributed by atoms with van der Waals surface area (Å²) in [4.78, 5) is 57.5. The summed E-state index contributed by atoms with van der Waals surface area (Å²) >= 11 is 3.33. The van der Waals surface area contributed by atoms with Crippen LogP contribution in [0.25, 0.3) is 291 Å². The number of hydrogen-bond acceptors (Lipinski definition) is 8. The lowest BCUT2D eigenvalue weighted by Gasteiger charge is -2.58. The number of benzene rings is 21. The Hall–Kier alpha value is -11.6. The molecule has 0 unspecified atom stereocenters. The molecule has 31 aromatic carbocycles. The second-order valence-electron chi connectivity index (χ2n) is 35.1. The number of carbonyl (C=O) groups is 4. The van der Waals surface area contributed by atoms with E-state index in [0.717, 1.165) is 18.4 Å². The molecule has 2 amide bonds. The standard InChI is InChI=1S/C94H34N2O6S2/c1-92(2,3)25-13-21-12-22(14-25)91(100)96-27-6-10-29(11-7-27)102-31(98)20-104-18-24-16-94-88-80-72-62-52-44-36-33-32-34-38-40(36)48-54-46(38)56-50-42(34)43-35(32)39-41-37(33)45(44)53-59-49(41)55-47(39)57-51(43)61-60(50)70-64(56)74-68(54)76(66(72)58(48)52)84(88)82(74)86-78(70)79-71(61)65(57)75-69(55)77-67(59)73(63(53)62)81(80)89(94)85(77)83(75)87(79)93(86,94)15-23(24)17-103-19-30(97)101-28-8-4-26(5-9-28)95-90(21)99/h4-14H,15-20H2,1-3H3,(H,95,99)(H,96,100). The highest BCUT2D eigenvalue weighted by Crippen LogP contribution is 2.86. The van der Waals surface area contributed by atoms with Crippen LogP contribution in [0.5, 0.6) is 11.5 Å². The fraction of sp³-hybridized carbons (Fsp3) is 0.128. The summed E-state index contributed by atoms with van der Waals surface area (Å²) in [5.74, 6) is 0.917. The fourth-order valence-corrected chi connectivity index (χ4v) is 31.0. The van der Waals surface area contributed by atoms with Gasteiger partial charge in [-0.2, -0.15) is 0 Å². The van der Waals surface area contributed by atoms with E-state index in [1.807, 2.05) is 32.9 Å². The molecule has 8 aliphatic rings. The Labute approximate surface area is 585 Å². The summed E-state index contributed by atoms with van der Waals surface area (Å²) < 4.78 is 12.5. The van der Waals surface area contributed by atoms with E-state index in [4.69, 9.17) is 9.47 Å². The van der Waals surface area contributed by atoms with Crippen LogP contribution < -0.4 is 20.1 Å². The number of ether oxygens (including phenoxy) is 2. The van der Waals surface area contributed by atoms with E-state index < -0.39 is 10.8 Å². The summed E-state index contributed by atoms with van der Waals surface area (Å²) in [6.45, 7) is 6.15. The van der Waals surface area contributed by atoms with E-state index in [-0.39, 0.29) is 40.7 Å². The maximum Gasteiger partial charge on any atom is 0.321 e. The third kappa shape index (κ3) is 3.58. The van der Waals surface area contributed by atoms with Gasteiger partial charge in [-0.25, -0.2) is 0 Å². The molecule has 0 atom stereocenters. The SMILES string of the molecule is CC(C)(C)c1cc2cc(c1)C(=O)Nc1ccc(cc1)OC(=O)CSCC1=C(CSCC(=O)Oc3ccc(cc3)NC2=O)CC23c4c5c6c7c8c9c(c%10c%11c2c2c4c4c%12c5c5c6c6c8c8c%13c9c9c%10c%10c%11c%11c2c2c4c4c%12c%12c5c5c6c8c6c8c%13c9c9c%10c%10c%11c2c2c4c4c%12c5c6c5c8c9c%10c2c45)C73C1. The second kappa shape index (κ2) is 12.7. The Balaban J connectivity index is 0.661. The first kappa shape index (κ1) is 47.6. The van der Waals surface area contributed by atoms with Crippen molar-refractivity contribution >= 4 is 350 Å². The molecule has 6 bridgehead atoms. The molecule has 10 heteroatoms. The molecule has 31 aromatic rings. The van der Waals surface area contributed by atoms with Gasteiger partial charge in [0.1, 0.15) is 11.5 Å².